The molecule has 0 bridgehead atoms. The molecule has 7 nitrogen and oxygen atoms in total. The molecular formula is C19H19N3O4. The number of nitrogens with one attached hydrogen (secondary N) is 1. The van der Waals surface area contributed by atoms with Gasteiger partial charge in [-0.2, -0.15) is 0 Å². The van der Waals surface area contributed by atoms with E-state index in [0.29, 0.717) is 5.56 Å². The van der Waals surface area contributed by atoms with Gasteiger partial charge in [-0.15, -0.1) is 0 Å². The Morgan fingerprint density at radius 3 is 2.54 bits per heavy atom. The quantitative estimate of drug-likeness (QED) is 0.675. The number of hydrogen-bond donors (Lipinski definition) is 1. The minimum Gasteiger partial charge on any atom is -0.320 e. The van der Waals surface area contributed by atoms with Crippen LogP contribution in [-0.2, 0) is 9.59 Å². The van der Waals surface area contributed by atoms with Crippen molar-refractivity contribution in [3.05, 3.63) is 63.7 Å². The number of nitro groups is 1. The van der Waals surface area contributed by atoms with E-state index >= 15 is 0 Å². The summed E-state index contributed by atoms with van der Waals surface area (Å²) in [7, 11) is 0. The van der Waals surface area contributed by atoms with Crippen molar-refractivity contribution in [1.29, 1.82) is 0 Å². The molecule has 1 saturated heterocycles. The zero-order valence-corrected chi connectivity index (χ0v) is 14.6. The van der Waals surface area contributed by atoms with Crippen molar-refractivity contribution in [2.45, 2.75) is 20.3 Å². The van der Waals surface area contributed by atoms with E-state index in [0.717, 1.165) is 11.3 Å². The first-order valence-electron chi connectivity index (χ1n) is 8.29. The van der Waals surface area contributed by atoms with Crippen LogP contribution in [0.25, 0.3) is 0 Å². The molecule has 134 valence electrons. The molecule has 1 atom stereocenters. The Morgan fingerprint density at radius 1 is 1.15 bits per heavy atom. The number of carbonyl (C=O) groups is 2. The van der Waals surface area contributed by atoms with Crippen LogP contribution in [0.2, 0.25) is 0 Å². The zero-order chi connectivity index (χ0) is 18.8. The highest BCUT2D eigenvalue weighted by molar-refractivity contribution is 6.04. The van der Waals surface area contributed by atoms with Crippen LogP contribution in [0.15, 0.2) is 42.5 Å². The number of nitro benzene ring substituents is 1. The first-order chi connectivity index (χ1) is 12.4. The molecule has 2 aromatic carbocycles. The van der Waals surface area contributed by atoms with Crippen LogP contribution in [-0.4, -0.2) is 23.3 Å². The molecule has 0 radical (unpaired) electrons. The lowest BCUT2D eigenvalue weighted by Crippen LogP contribution is -2.28. The fourth-order valence-electron chi connectivity index (χ4n) is 3.17. The van der Waals surface area contributed by atoms with Crippen LogP contribution >= 0.6 is 0 Å². The number of nitrogens with zero attached hydrogens (tertiary/aromatic N) is 2. The largest absolute Gasteiger partial charge is 0.320 e. The van der Waals surface area contributed by atoms with Gasteiger partial charge in [-0.1, -0.05) is 30.3 Å². The maximum Gasteiger partial charge on any atom is 0.293 e. The molecule has 1 fully saturated rings. The van der Waals surface area contributed by atoms with Crippen molar-refractivity contribution in [3.63, 3.8) is 0 Å². The standard InChI is InChI=1S/C19H19N3O4/c1-12-6-3-4-8-15(12)21-11-14(10-17(21)23)19(24)20-18-13(2)7-5-9-16(18)22(25)26/h3-9,14H,10-11H2,1-2H3,(H,20,24). The van der Waals surface area contributed by atoms with E-state index in [9.17, 15) is 19.7 Å². The van der Waals surface area contributed by atoms with Crippen molar-refractivity contribution in [2.75, 3.05) is 16.8 Å². The van der Waals surface area contributed by atoms with E-state index in [1.807, 2.05) is 31.2 Å². The summed E-state index contributed by atoms with van der Waals surface area (Å²) in [6.07, 6.45) is 0.0832. The van der Waals surface area contributed by atoms with E-state index < -0.39 is 10.8 Å². The third kappa shape index (κ3) is 3.28. The van der Waals surface area contributed by atoms with Gasteiger partial charge in [-0.25, -0.2) is 0 Å². The SMILES string of the molecule is Cc1ccccc1N1CC(C(=O)Nc2c(C)cccc2[N+](=O)[O-])CC1=O. The van der Waals surface area contributed by atoms with Crippen LogP contribution in [0.5, 0.6) is 0 Å². The van der Waals surface area contributed by atoms with Crippen molar-refractivity contribution in [1.82, 2.24) is 0 Å². The Morgan fingerprint density at radius 2 is 1.85 bits per heavy atom. The average molecular weight is 353 g/mol. The van der Waals surface area contributed by atoms with E-state index in [2.05, 4.69) is 5.32 Å². The second-order valence-electron chi connectivity index (χ2n) is 6.41. The van der Waals surface area contributed by atoms with Crippen molar-refractivity contribution < 1.29 is 14.5 Å². The second-order valence-corrected chi connectivity index (χ2v) is 6.41. The summed E-state index contributed by atoms with van der Waals surface area (Å²) >= 11 is 0. The molecule has 26 heavy (non-hydrogen) atoms. The Kier molecular flexibility index (Phi) is 4.71. The molecule has 2 aromatic rings. The molecular weight excluding hydrogens is 334 g/mol. The first-order valence-corrected chi connectivity index (χ1v) is 8.29. The Balaban J connectivity index is 1.80. The first kappa shape index (κ1) is 17.6. The van der Waals surface area contributed by atoms with Gasteiger partial charge in [0.2, 0.25) is 11.8 Å². The Hall–Kier alpha value is -3.22. The smallest absolute Gasteiger partial charge is 0.293 e. The molecule has 1 unspecified atom stereocenters. The summed E-state index contributed by atoms with van der Waals surface area (Å²) in [4.78, 5) is 37.3. The maximum atomic E-state index is 12.6. The van der Waals surface area contributed by atoms with Crippen molar-refractivity contribution in [2.24, 2.45) is 5.92 Å². The molecule has 1 heterocycles. The van der Waals surface area contributed by atoms with Gasteiger partial charge in [0.25, 0.3) is 5.69 Å². The number of para-hydroxylation sites is 2. The second kappa shape index (κ2) is 6.95. The van der Waals surface area contributed by atoms with Crippen LogP contribution < -0.4 is 10.2 Å². The summed E-state index contributed by atoms with van der Waals surface area (Å²) in [5, 5.41) is 13.8. The summed E-state index contributed by atoms with van der Waals surface area (Å²) in [5.41, 5.74) is 2.38. The highest BCUT2D eigenvalue weighted by Gasteiger charge is 2.36. The van der Waals surface area contributed by atoms with Crippen LogP contribution in [0.4, 0.5) is 17.1 Å². The number of anilines is 2. The lowest BCUT2D eigenvalue weighted by molar-refractivity contribution is -0.384. The molecule has 1 aliphatic rings. The number of hydrogen-bond acceptors (Lipinski definition) is 4. The van der Waals surface area contributed by atoms with Crippen molar-refractivity contribution in [3.8, 4) is 0 Å². The highest BCUT2D eigenvalue weighted by Crippen LogP contribution is 2.31. The molecule has 7 heteroatoms. The highest BCUT2D eigenvalue weighted by atomic mass is 16.6. The zero-order valence-electron chi connectivity index (χ0n) is 14.6. The molecule has 0 aromatic heterocycles. The fourth-order valence-corrected chi connectivity index (χ4v) is 3.17. The molecule has 0 saturated carbocycles. The predicted molar refractivity (Wildman–Crippen MR) is 98.1 cm³/mol. The molecule has 2 amide bonds. The lowest BCUT2D eigenvalue weighted by atomic mass is 10.1. The minimum absolute atomic E-state index is 0.0832. The molecule has 0 spiro atoms. The number of benzene rings is 2. The van der Waals surface area contributed by atoms with Crippen LogP contribution in [0, 0.1) is 29.9 Å². The van der Waals surface area contributed by atoms with Gasteiger partial charge in [0.1, 0.15) is 5.69 Å². The average Bonchev–Trinajstić information content (AvgIpc) is 2.98. The van der Waals surface area contributed by atoms with Gasteiger partial charge in [0.15, 0.2) is 0 Å². The van der Waals surface area contributed by atoms with Gasteiger partial charge in [0.05, 0.1) is 10.8 Å². The summed E-state index contributed by atoms with van der Waals surface area (Å²) < 4.78 is 0. The molecule has 1 aliphatic heterocycles. The number of rotatable bonds is 4. The van der Waals surface area contributed by atoms with Crippen molar-refractivity contribution >= 4 is 28.9 Å². The normalized spacial score (nSPS) is 16.6. The van der Waals surface area contributed by atoms with Crippen LogP contribution in [0.1, 0.15) is 17.5 Å². The van der Waals surface area contributed by atoms with Gasteiger partial charge in [-0.05, 0) is 31.0 Å². The van der Waals surface area contributed by atoms with Gasteiger partial charge < -0.3 is 10.2 Å². The maximum absolute atomic E-state index is 12.6. The van der Waals surface area contributed by atoms with E-state index in [1.165, 1.54) is 6.07 Å². The van der Waals surface area contributed by atoms with E-state index in [1.54, 1.807) is 24.0 Å². The third-order valence-corrected chi connectivity index (χ3v) is 4.60. The van der Waals surface area contributed by atoms with E-state index in [-0.39, 0.29) is 36.2 Å². The summed E-state index contributed by atoms with van der Waals surface area (Å²) in [6.45, 7) is 3.87. The van der Waals surface area contributed by atoms with Gasteiger partial charge in [-0.3, -0.25) is 19.7 Å². The van der Waals surface area contributed by atoms with Gasteiger partial charge in [0, 0.05) is 24.7 Å². The molecule has 1 N–H and O–H groups in total. The number of aryl methyl sites for hydroxylation is 2. The van der Waals surface area contributed by atoms with E-state index in [4.69, 9.17) is 0 Å². The predicted octanol–water partition coefficient (Wildman–Crippen LogP) is 3.20. The van der Waals surface area contributed by atoms with Crippen LogP contribution in [0.3, 0.4) is 0 Å². The molecule has 3 rings (SSSR count). The Bertz CT molecular complexity index is 894. The monoisotopic (exact) mass is 353 g/mol. The summed E-state index contributed by atoms with van der Waals surface area (Å²) in [5.74, 6) is -1.06. The molecule has 0 aliphatic carbocycles. The fraction of sp³-hybridized carbons (Fsp3) is 0.263. The van der Waals surface area contributed by atoms with Gasteiger partial charge >= 0.3 is 0 Å². The number of amides is 2. The third-order valence-electron chi connectivity index (χ3n) is 4.60. The Labute approximate surface area is 150 Å². The topological polar surface area (TPSA) is 92.6 Å². The lowest BCUT2D eigenvalue weighted by Gasteiger charge is -2.19. The number of carbonyl (C=O) groups excluding carboxylic acids is 2. The summed E-state index contributed by atoms with van der Waals surface area (Å²) in [6, 6.07) is 12.1. The minimum atomic E-state index is -0.554.